The molecule has 2 aromatic heterocycles. The highest BCUT2D eigenvalue weighted by atomic mass is 35.5. The van der Waals surface area contributed by atoms with Crippen LogP contribution in [-0.4, -0.2) is 20.4 Å². The number of allylic oxidation sites excluding steroid dienone is 1. The summed E-state index contributed by atoms with van der Waals surface area (Å²) in [5.74, 6) is -0.0819. The molecular weight excluding hydrogens is 282 g/mol. The van der Waals surface area contributed by atoms with Gasteiger partial charge in [-0.3, -0.25) is 4.79 Å². The Balaban J connectivity index is 1.94. The number of hydrogen-bond donors (Lipinski definition) is 1. The lowest BCUT2D eigenvalue weighted by molar-refractivity contribution is 0.104. The van der Waals surface area contributed by atoms with Crippen LogP contribution in [0.3, 0.4) is 0 Å². The number of ketones is 1. The standard InChI is InChI=1S/C13H8ClN3OS/c14-8-1-3-10-11(6-15-12(10)5-8)13(18)4-2-9-7-19-17-16-9/h1-7,15H/b4-2+. The van der Waals surface area contributed by atoms with Crippen LogP contribution in [0.2, 0.25) is 5.02 Å². The molecule has 0 aliphatic carbocycles. The topological polar surface area (TPSA) is 58.6 Å². The first kappa shape index (κ1) is 12.1. The van der Waals surface area contributed by atoms with Crippen LogP contribution in [0, 0.1) is 0 Å². The summed E-state index contributed by atoms with van der Waals surface area (Å²) in [6, 6.07) is 5.39. The molecule has 1 N–H and O–H groups in total. The van der Waals surface area contributed by atoms with Gasteiger partial charge in [-0.15, -0.1) is 5.10 Å². The van der Waals surface area contributed by atoms with E-state index < -0.39 is 0 Å². The molecule has 4 nitrogen and oxygen atoms in total. The second kappa shape index (κ2) is 4.95. The number of fused-ring (bicyclic) bond motifs is 1. The Kier molecular flexibility index (Phi) is 3.15. The molecular formula is C13H8ClN3OS. The lowest BCUT2D eigenvalue weighted by atomic mass is 10.1. The first-order valence-corrected chi connectivity index (χ1v) is 6.71. The van der Waals surface area contributed by atoms with Crippen LogP contribution >= 0.6 is 23.1 Å². The Morgan fingerprint density at radius 3 is 3.11 bits per heavy atom. The second-order valence-electron chi connectivity index (χ2n) is 3.92. The van der Waals surface area contributed by atoms with Crippen molar-refractivity contribution in [3.63, 3.8) is 0 Å². The zero-order valence-corrected chi connectivity index (χ0v) is 11.2. The summed E-state index contributed by atoms with van der Waals surface area (Å²) in [6.07, 6.45) is 4.83. The van der Waals surface area contributed by atoms with Crippen LogP contribution in [0.5, 0.6) is 0 Å². The molecule has 19 heavy (non-hydrogen) atoms. The third-order valence-corrected chi connectivity index (χ3v) is 3.45. The fraction of sp³-hybridized carbons (Fsp3) is 0. The number of hydrogen-bond acceptors (Lipinski definition) is 4. The zero-order valence-electron chi connectivity index (χ0n) is 9.63. The summed E-state index contributed by atoms with van der Waals surface area (Å²) < 4.78 is 3.73. The summed E-state index contributed by atoms with van der Waals surface area (Å²) in [5.41, 5.74) is 2.15. The number of aromatic nitrogens is 3. The first-order valence-electron chi connectivity index (χ1n) is 5.50. The van der Waals surface area contributed by atoms with Crippen LogP contribution in [0.15, 0.2) is 35.9 Å². The lowest BCUT2D eigenvalue weighted by Crippen LogP contribution is -1.92. The fourth-order valence-corrected chi connectivity index (χ4v) is 2.39. The van der Waals surface area contributed by atoms with E-state index in [2.05, 4.69) is 14.6 Å². The molecule has 0 saturated heterocycles. The number of benzene rings is 1. The minimum atomic E-state index is -0.0819. The highest BCUT2D eigenvalue weighted by Gasteiger charge is 2.09. The van der Waals surface area contributed by atoms with E-state index >= 15 is 0 Å². The predicted molar refractivity (Wildman–Crippen MR) is 76.6 cm³/mol. The van der Waals surface area contributed by atoms with E-state index in [0.29, 0.717) is 16.3 Å². The van der Waals surface area contributed by atoms with Gasteiger partial charge >= 0.3 is 0 Å². The zero-order chi connectivity index (χ0) is 13.2. The smallest absolute Gasteiger partial charge is 0.188 e. The van der Waals surface area contributed by atoms with Gasteiger partial charge in [0.2, 0.25) is 0 Å². The Labute approximate surface area is 117 Å². The molecule has 0 unspecified atom stereocenters. The third-order valence-electron chi connectivity index (χ3n) is 2.69. The van der Waals surface area contributed by atoms with Crippen LogP contribution in [-0.2, 0) is 0 Å². The molecule has 0 atom stereocenters. The number of halogens is 1. The normalized spacial score (nSPS) is 11.4. The van der Waals surface area contributed by atoms with E-state index in [1.54, 1.807) is 29.8 Å². The number of carbonyl (C=O) groups is 1. The molecule has 0 fully saturated rings. The van der Waals surface area contributed by atoms with Gasteiger partial charge in [0.1, 0.15) is 0 Å². The fourth-order valence-electron chi connectivity index (χ4n) is 1.80. The molecule has 0 saturated carbocycles. The Hall–Kier alpha value is -1.98. The highest BCUT2D eigenvalue weighted by Crippen LogP contribution is 2.22. The minimum absolute atomic E-state index is 0.0819. The lowest BCUT2D eigenvalue weighted by Gasteiger charge is -1.94. The van der Waals surface area contributed by atoms with Crippen molar-refractivity contribution in [1.82, 2.24) is 14.6 Å². The van der Waals surface area contributed by atoms with Gasteiger partial charge in [-0.05, 0) is 35.8 Å². The van der Waals surface area contributed by atoms with Crippen LogP contribution in [0.4, 0.5) is 0 Å². The van der Waals surface area contributed by atoms with Gasteiger partial charge in [-0.25, -0.2) is 0 Å². The van der Waals surface area contributed by atoms with Crippen molar-refractivity contribution in [2.45, 2.75) is 0 Å². The Bertz CT molecular complexity index is 761. The molecule has 0 aliphatic rings. The van der Waals surface area contributed by atoms with E-state index in [0.717, 1.165) is 10.9 Å². The average molecular weight is 290 g/mol. The number of nitrogens with zero attached hydrogens (tertiary/aromatic N) is 2. The maximum absolute atomic E-state index is 12.1. The molecule has 0 radical (unpaired) electrons. The number of rotatable bonds is 3. The number of aromatic amines is 1. The molecule has 0 spiro atoms. The second-order valence-corrected chi connectivity index (χ2v) is 4.97. The van der Waals surface area contributed by atoms with E-state index in [1.165, 1.54) is 17.6 Å². The van der Waals surface area contributed by atoms with E-state index in [1.807, 2.05) is 6.07 Å². The van der Waals surface area contributed by atoms with Crippen molar-refractivity contribution >= 4 is 45.9 Å². The predicted octanol–water partition coefficient (Wildman–Crippen LogP) is 3.57. The maximum atomic E-state index is 12.1. The summed E-state index contributed by atoms with van der Waals surface area (Å²) in [7, 11) is 0. The summed E-state index contributed by atoms with van der Waals surface area (Å²) in [4.78, 5) is 15.2. The van der Waals surface area contributed by atoms with E-state index in [-0.39, 0.29) is 5.78 Å². The van der Waals surface area contributed by atoms with Gasteiger partial charge in [-0.1, -0.05) is 22.2 Å². The summed E-state index contributed by atoms with van der Waals surface area (Å²) >= 11 is 7.15. The van der Waals surface area contributed by atoms with Crippen molar-refractivity contribution in [2.24, 2.45) is 0 Å². The number of carbonyl (C=O) groups excluding carboxylic acids is 1. The van der Waals surface area contributed by atoms with Gasteiger partial charge in [0.25, 0.3) is 0 Å². The average Bonchev–Trinajstić information content (AvgIpc) is 3.04. The molecule has 0 amide bonds. The van der Waals surface area contributed by atoms with Crippen LogP contribution in [0.1, 0.15) is 16.1 Å². The molecule has 6 heteroatoms. The maximum Gasteiger partial charge on any atom is 0.188 e. The molecule has 3 aromatic rings. The van der Waals surface area contributed by atoms with Crippen molar-refractivity contribution in [2.75, 3.05) is 0 Å². The number of nitrogens with one attached hydrogen (secondary N) is 1. The quantitative estimate of drug-likeness (QED) is 0.592. The molecule has 1 aromatic carbocycles. The Morgan fingerprint density at radius 1 is 1.42 bits per heavy atom. The van der Waals surface area contributed by atoms with Gasteiger partial charge in [0, 0.05) is 33.1 Å². The van der Waals surface area contributed by atoms with Crippen LogP contribution in [0.25, 0.3) is 17.0 Å². The molecule has 0 aliphatic heterocycles. The highest BCUT2D eigenvalue weighted by molar-refractivity contribution is 7.03. The van der Waals surface area contributed by atoms with E-state index in [4.69, 9.17) is 11.6 Å². The van der Waals surface area contributed by atoms with Gasteiger partial charge < -0.3 is 4.98 Å². The van der Waals surface area contributed by atoms with Crippen molar-refractivity contribution in [3.05, 3.63) is 52.1 Å². The SMILES string of the molecule is O=C(/C=C/c1csnn1)c1c[nH]c2cc(Cl)ccc12. The van der Waals surface area contributed by atoms with E-state index in [9.17, 15) is 4.79 Å². The van der Waals surface area contributed by atoms with Crippen molar-refractivity contribution < 1.29 is 4.79 Å². The molecule has 94 valence electrons. The van der Waals surface area contributed by atoms with Gasteiger partial charge in [-0.2, -0.15) is 0 Å². The third kappa shape index (κ3) is 2.43. The molecule has 0 bridgehead atoms. The largest absolute Gasteiger partial charge is 0.360 e. The van der Waals surface area contributed by atoms with Crippen molar-refractivity contribution in [1.29, 1.82) is 0 Å². The summed E-state index contributed by atoms with van der Waals surface area (Å²) in [6.45, 7) is 0. The monoisotopic (exact) mass is 289 g/mol. The van der Waals surface area contributed by atoms with Crippen LogP contribution < -0.4 is 0 Å². The molecule has 2 heterocycles. The first-order chi connectivity index (χ1) is 9.24. The van der Waals surface area contributed by atoms with Gasteiger partial charge in [0.05, 0.1) is 5.69 Å². The molecule has 3 rings (SSSR count). The summed E-state index contributed by atoms with van der Waals surface area (Å²) in [5, 5.41) is 7.12. The minimum Gasteiger partial charge on any atom is -0.360 e. The number of H-pyrrole nitrogens is 1. The van der Waals surface area contributed by atoms with Crippen molar-refractivity contribution in [3.8, 4) is 0 Å². The Morgan fingerprint density at radius 2 is 2.32 bits per heavy atom. The van der Waals surface area contributed by atoms with Gasteiger partial charge in [0.15, 0.2) is 5.78 Å².